The van der Waals surface area contributed by atoms with Gasteiger partial charge in [-0.25, -0.2) is 0 Å². The molecule has 0 radical (unpaired) electrons. The van der Waals surface area contributed by atoms with Gasteiger partial charge in [-0.3, -0.25) is 0 Å². The highest BCUT2D eigenvalue weighted by atomic mass is 79.9. The van der Waals surface area contributed by atoms with E-state index in [4.69, 9.17) is 4.42 Å². The average molecular weight is 340 g/mol. The molecule has 20 heavy (non-hydrogen) atoms. The zero-order chi connectivity index (χ0) is 14.5. The van der Waals surface area contributed by atoms with Gasteiger partial charge in [-0.15, -0.1) is 0 Å². The summed E-state index contributed by atoms with van der Waals surface area (Å²) in [4.78, 5) is 0. The quantitative estimate of drug-likeness (QED) is 0.755. The topological polar surface area (TPSA) is 65.6 Å². The number of aromatic hydroxyl groups is 1. The van der Waals surface area contributed by atoms with Crippen LogP contribution in [-0.2, 0) is 6.54 Å². The largest absolute Gasteiger partial charge is 0.506 e. The number of halogens is 1. The number of phenolic OH excluding ortho intramolecular Hbond substituents is 1. The Hall–Kier alpha value is -1.30. The van der Waals surface area contributed by atoms with Crippen LogP contribution in [0.4, 0.5) is 0 Å². The molecule has 0 saturated heterocycles. The van der Waals surface area contributed by atoms with Crippen LogP contribution in [0.2, 0.25) is 0 Å². The average Bonchev–Trinajstić information content (AvgIpc) is 2.94. The minimum absolute atomic E-state index is 0.0912. The first-order chi connectivity index (χ1) is 9.58. The Morgan fingerprint density at radius 3 is 2.80 bits per heavy atom. The van der Waals surface area contributed by atoms with E-state index >= 15 is 0 Å². The molecule has 1 aromatic heterocycles. The molecule has 0 aliphatic heterocycles. The van der Waals surface area contributed by atoms with Crippen LogP contribution in [0, 0.1) is 0 Å². The molecule has 2 rings (SSSR count). The number of phenols is 1. The Morgan fingerprint density at radius 2 is 2.10 bits per heavy atom. The van der Waals surface area contributed by atoms with E-state index in [1.807, 2.05) is 19.1 Å². The van der Waals surface area contributed by atoms with Crippen molar-refractivity contribution in [1.82, 2.24) is 5.32 Å². The third-order valence-electron chi connectivity index (χ3n) is 3.16. The molecule has 5 heteroatoms. The number of aliphatic hydroxyl groups is 1. The first kappa shape index (κ1) is 15.1. The van der Waals surface area contributed by atoms with Crippen LogP contribution in [-0.4, -0.2) is 16.3 Å². The molecule has 0 aliphatic carbocycles. The number of furan rings is 1. The van der Waals surface area contributed by atoms with Gasteiger partial charge in [0, 0.05) is 18.2 Å². The molecule has 2 unspecified atom stereocenters. The SMILES string of the molecule is CC(CC(O)c1ccco1)NCc1cccc(Br)c1O. The maximum absolute atomic E-state index is 9.99. The predicted octanol–water partition coefficient (Wildman–Crippen LogP) is 3.35. The van der Waals surface area contributed by atoms with Crippen LogP contribution in [0.1, 0.15) is 30.8 Å². The molecular weight excluding hydrogens is 322 g/mol. The molecule has 108 valence electrons. The normalized spacial score (nSPS) is 14.2. The van der Waals surface area contributed by atoms with Crippen molar-refractivity contribution in [2.24, 2.45) is 0 Å². The lowest BCUT2D eigenvalue weighted by molar-refractivity contribution is 0.128. The first-order valence-electron chi connectivity index (χ1n) is 6.49. The number of benzene rings is 1. The number of hydrogen-bond acceptors (Lipinski definition) is 4. The van der Waals surface area contributed by atoms with E-state index in [2.05, 4.69) is 21.2 Å². The molecule has 0 bridgehead atoms. The van der Waals surface area contributed by atoms with Crippen LogP contribution >= 0.6 is 15.9 Å². The molecular formula is C15H18BrNO3. The summed E-state index contributed by atoms with van der Waals surface area (Å²) >= 11 is 3.29. The van der Waals surface area contributed by atoms with Crippen LogP contribution < -0.4 is 5.32 Å². The molecule has 0 fully saturated rings. The number of aliphatic hydroxyl groups excluding tert-OH is 1. The smallest absolute Gasteiger partial charge is 0.134 e. The van der Waals surface area contributed by atoms with Gasteiger partial charge in [0.25, 0.3) is 0 Å². The zero-order valence-corrected chi connectivity index (χ0v) is 12.8. The van der Waals surface area contributed by atoms with Crippen LogP contribution in [0.25, 0.3) is 0 Å². The summed E-state index contributed by atoms with van der Waals surface area (Å²) < 4.78 is 5.85. The van der Waals surface area contributed by atoms with E-state index in [1.54, 1.807) is 24.5 Å². The minimum atomic E-state index is -0.622. The van der Waals surface area contributed by atoms with E-state index in [1.165, 1.54) is 0 Å². The summed E-state index contributed by atoms with van der Waals surface area (Å²) in [5, 5.41) is 23.2. The molecule has 0 amide bonds. The molecule has 1 heterocycles. The number of nitrogens with one attached hydrogen (secondary N) is 1. The molecule has 3 N–H and O–H groups in total. The predicted molar refractivity (Wildman–Crippen MR) is 80.4 cm³/mol. The van der Waals surface area contributed by atoms with Crippen molar-refractivity contribution in [3.8, 4) is 5.75 Å². The number of para-hydroxylation sites is 1. The second-order valence-electron chi connectivity index (χ2n) is 4.80. The van der Waals surface area contributed by atoms with E-state index in [0.717, 1.165) is 5.56 Å². The van der Waals surface area contributed by atoms with Crippen molar-refractivity contribution >= 4 is 15.9 Å². The maximum Gasteiger partial charge on any atom is 0.134 e. The van der Waals surface area contributed by atoms with Gasteiger partial charge in [-0.05, 0) is 47.5 Å². The van der Waals surface area contributed by atoms with Gasteiger partial charge in [-0.1, -0.05) is 12.1 Å². The van der Waals surface area contributed by atoms with E-state index in [0.29, 0.717) is 23.2 Å². The summed E-state index contributed by atoms with van der Waals surface area (Å²) in [6, 6.07) is 9.15. The van der Waals surface area contributed by atoms with Gasteiger partial charge >= 0.3 is 0 Å². The molecule has 0 saturated carbocycles. The lowest BCUT2D eigenvalue weighted by atomic mass is 10.1. The first-order valence-corrected chi connectivity index (χ1v) is 7.28. The molecule has 0 spiro atoms. The van der Waals surface area contributed by atoms with Gasteiger partial charge in [-0.2, -0.15) is 0 Å². The highest BCUT2D eigenvalue weighted by Gasteiger charge is 2.15. The van der Waals surface area contributed by atoms with Crippen LogP contribution in [0.15, 0.2) is 45.5 Å². The standard InChI is InChI=1S/C15H18BrNO3/c1-10(8-13(18)14-6-3-7-20-14)17-9-11-4-2-5-12(16)15(11)19/h2-7,10,13,17-19H,8-9H2,1H3. The monoisotopic (exact) mass is 339 g/mol. The highest BCUT2D eigenvalue weighted by molar-refractivity contribution is 9.10. The summed E-state index contributed by atoms with van der Waals surface area (Å²) in [5.41, 5.74) is 0.818. The Bertz CT molecular complexity index is 542. The second-order valence-corrected chi connectivity index (χ2v) is 5.65. The molecule has 4 nitrogen and oxygen atoms in total. The third-order valence-corrected chi connectivity index (χ3v) is 3.80. The molecule has 2 aromatic rings. The summed E-state index contributed by atoms with van der Waals surface area (Å²) in [6.45, 7) is 2.53. The zero-order valence-electron chi connectivity index (χ0n) is 11.2. The highest BCUT2D eigenvalue weighted by Crippen LogP contribution is 2.27. The molecule has 0 aliphatic rings. The van der Waals surface area contributed by atoms with Gasteiger partial charge < -0.3 is 19.9 Å². The van der Waals surface area contributed by atoms with Gasteiger partial charge in [0.1, 0.15) is 17.6 Å². The van der Waals surface area contributed by atoms with Gasteiger partial charge in [0.2, 0.25) is 0 Å². The van der Waals surface area contributed by atoms with Crippen molar-refractivity contribution in [2.45, 2.75) is 32.0 Å². The Kier molecular flexibility index (Phi) is 5.23. The van der Waals surface area contributed by atoms with Crippen LogP contribution in [0.3, 0.4) is 0 Å². The third kappa shape index (κ3) is 3.85. The maximum atomic E-state index is 9.99. The summed E-state index contributed by atoms with van der Waals surface area (Å²) in [7, 11) is 0. The Balaban J connectivity index is 1.86. The van der Waals surface area contributed by atoms with Crippen molar-refractivity contribution in [3.63, 3.8) is 0 Å². The Morgan fingerprint density at radius 1 is 1.30 bits per heavy atom. The van der Waals surface area contributed by atoms with Crippen molar-refractivity contribution in [1.29, 1.82) is 0 Å². The van der Waals surface area contributed by atoms with Crippen molar-refractivity contribution < 1.29 is 14.6 Å². The second kappa shape index (κ2) is 6.92. The number of rotatable bonds is 6. The fourth-order valence-electron chi connectivity index (χ4n) is 2.00. The molecule has 2 atom stereocenters. The minimum Gasteiger partial charge on any atom is -0.506 e. The number of hydrogen-bond donors (Lipinski definition) is 3. The lowest BCUT2D eigenvalue weighted by Gasteiger charge is -2.17. The summed E-state index contributed by atoms with van der Waals surface area (Å²) in [5.74, 6) is 0.822. The summed E-state index contributed by atoms with van der Waals surface area (Å²) in [6.07, 6.45) is 1.47. The van der Waals surface area contributed by atoms with Crippen molar-refractivity contribution in [3.05, 3.63) is 52.4 Å². The lowest BCUT2D eigenvalue weighted by Crippen LogP contribution is -2.27. The molecule has 1 aromatic carbocycles. The fourth-order valence-corrected chi connectivity index (χ4v) is 2.41. The van der Waals surface area contributed by atoms with Crippen LogP contribution in [0.5, 0.6) is 5.75 Å². The van der Waals surface area contributed by atoms with Gasteiger partial charge in [0.05, 0.1) is 10.7 Å². The van der Waals surface area contributed by atoms with Gasteiger partial charge in [0.15, 0.2) is 0 Å². The Labute approximate surface area is 126 Å². The van der Waals surface area contributed by atoms with Crippen molar-refractivity contribution in [2.75, 3.05) is 0 Å². The van der Waals surface area contributed by atoms with E-state index in [-0.39, 0.29) is 11.8 Å². The fraction of sp³-hybridized carbons (Fsp3) is 0.333. The van der Waals surface area contributed by atoms with E-state index in [9.17, 15) is 10.2 Å². The van der Waals surface area contributed by atoms with E-state index < -0.39 is 6.10 Å².